The molecule has 15 heavy (non-hydrogen) atoms. The van der Waals surface area contributed by atoms with Gasteiger partial charge in [0.05, 0.1) is 0 Å². The Hall–Kier alpha value is -1.77. The van der Waals surface area contributed by atoms with Crippen molar-refractivity contribution in [2.45, 2.75) is 19.8 Å². The van der Waals surface area contributed by atoms with Gasteiger partial charge in [-0.25, -0.2) is 0 Å². The molecule has 1 aliphatic heterocycles. The molecule has 1 aliphatic rings. The van der Waals surface area contributed by atoms with Gasteiger partial charge in [0, 0.05) is 18.3 Å². The van der Waals surface area contributed by atoms with Crippen LogP contribution in [0.15, 0.2) is 36.0 Å². The number of carbonyl (C=O) groups excluding carboxylic acids is 1. The van der Waals surface area contributed by atoms with E-state index in [1.165, 1.54) is 5.57 Å². The maximum absolute atomic E-state index is 11.6. The Morgan fingerprint density at radius 3 is 2.53 bits per heavy atom. The van der Waals surface area contributed by atoms with Gasteiger partial charge in [-0.3, -0.25) is 9.69 Å². The van der Waals surface area contributed by atoms with Crippen LogP contribution in [0, 0.1) is 0 Å². The minimum absolute atomic E-state index is 0.103. The van der Waals surface area contributed by atoms with Crippen LogP contribution in [-0.4, -0.2) is 11.0 Å². The summed E-state index contributed by atoms with van der Waals surface area (Å²) in [6.07, 6.45) is 3.26. The Morgan fingerprint density at radius 1 is 1.20 bits per heavy atom. The van der Waals surface area contributed by atoms with Crippen molar-refractivity contribution in [3.63, 3.8) is 0 Å². The lowest BCUT2D eigenvalue weighted by atomic mass is 10.1. The van der Waals surface area contributed by atoms with Gasteiger partial charge in [-0.15, -0.1) is 0 Å². The van der Waals surface area contributed by atoms with Crippen LogP contribution >= 0.6 is 0 Å². The highest BCUT2D eigenvalue weighted by Crippen LogP contribution is 2.24. The number of carbonyl (C=O) groups is 1. The third kappa shape index (κ3) is 2.01. The molecule has 0 atom stereocenters. The van der Waals surface area contributed by atoms with E-state index in [1.54, 1.807) is 29.2 Å². The largest absolute Gasteiger partial charge is 0.508 e. The Labute approximate surface area is 88.6 Å². The minimum atomic E-state index is 0.103. The summed E-state index contributed by atoms with van der Waals surface area (Å²) in [4.78, 5) is 13.3. The number of nitrogens with zero attached hydrogens (tertiary/aromatic N) is 1. The zero-order chi connectivity index (χ0) is 10.8. The zero-order valence-electron chi connectivity index (χ0n) is 8.60. The monoisotopic (exact) mass is 203 g/mol. The maximum atomic E-state index is 11.6. The average Bonchev–Trinajstić information content (AvgIpc) is 2.23. The molecule has 3 nitrogen and oxygen atoms in total. The van der Waals surface area contributed by atoms with Crippen molar-refractivity contribution in [1.82, 2.24) is 0 Å². The lowest BCUT2D eigenvalue weighted by molar-refractivity contribution is -0.118. The quantitative estimate of drug-likeness (QED) is 0.761. The number of rotatable bonds is 1. The molecule has 0 saturated heterocycles. The molecule has 0 radical (unpaired) electrons. The number of benzene rings is 1. The summed E-state index contributed by atoms with van der Waals surface area (Å²) < 4.78 is 0. The van der Waals surface area contributed by atoms with Gasteiger partial charge in [-0.2, -0.15) is 0 Å². The van der Waals surface area contributed by atoms with E-state index in [1.807, 2.05) is 13.1 Å². The maximum Gasteiger partial charge on any atom is 0.231 e. The SMILES string of the molecule is CC1=CN(c2ccc(O)cc2)C(=O)CC1. The Bertz CT molecular complexity index is 406. The molecule has 1 aromatic rings. The van der Waals surface area contributed by atoms with Crippen LogP contribution < -0.4 is 4.90 Å². The van der Waals surface area contributed by atoms with Crippen molar-refractivity contribution < 1.29 is 9.90 Å². The molecule has 0 bridgehead atoms. The fourth-order valence-corrected chi connectivity index (χ4v) is 1.61. The van der Waals surface area contributed by atoms with Gasteiger partial charge < -0.3 is 5.11 Å². The predicted molar refractivity (Wildman–Crippen MR) is 58.6 cm³/mol. The van der Waals surface area contributed by atoms with Crippen LogP contribution in [-0.2, 0) is 4.79 Å². The highest BCUT2D eigenvalue weighted by Gasteiger charge is 2.17. The molecule has 0 aromatic heterocycles. The van der Waals surface area contributed by atoms with Gasteiger partial charge in [0.15, 0.2) is 0 Å². The summed E-state index contributed by atoms with van der Waals surface area (Å²) in [6.45, 7) is 2.01. The van der Waals surface area contributed by atoms with Crippen LogP contribution in [0.4, 0.5) is 5.69 Å². The number of phenolic OH excluding ortho intramolecular Hbond substituents is 1. The number of hydrogen-bond acceptors (Lipinski definition) is 2. The summed E-state index contributed by atoms with van der Waals surface area (Å²) in [5, 5.41) is 9.15. The predicted octanol–water partition coefficient (Wildman–Crippen LogP) is 2.42. The van der Waals surface area contributed by atoms with Crippen LogP contribution in [0.3, 0.4) is 0 Å². The summed E-state index contributed by atoms with van der Waals surface area (Å²) >= 11 is 0. The summed E-state index contributed by atoms with van der Waals surface area (Å²) in [5.74, 6) is 0.315. The zero-order valence-corrected chi connectivity index (χ0v) is 8.60. The summed E-state index contributed by atoms with van der Waals surface area (Å²) in [5.41, 5.74) is 2.00. The number of anilines is 1. The topological polar surface area (TPSA) is 40.5 Å². The molecular weight excluding hydrogens is 190 g/mol. The Balaban J connectivity index is 2.33. The van der Waals surface area contributed by atoms with Gasteiger partial charge in [-0.05, 0) is 37.6 Å². The van der Waals surface area contributed by atoms with Crippen molar-refractivity contribution in [2.75, 3.05) is 4.90 Å². The lowest BCUT2D eigenvalue weighted by Crippen LogP contribution is -2.28. The van der Waals surface area contributed by atoms with Gasteiger partial charge in [0.25, 0.3) is 0 Å². The minimum Gasteiger partial charge on any atom is -0.508 e. The molecule has 78 valence electrons. The van der Waals surface area contributed by atoms with Crippen molar-refractivity contribution in [3.05, 3.63) is 36.0 Å². The highest BCUT2D eigenvalue weighted by atomic mass is 16.3. The number of hydrogen-bond donors (Lipinski definition) is 1. The fourth-order valence-electron chi connectivity index (χ4n) is 1.61. The van der Waals surface area contributed by atoms with E-state index >= 15 is 0 Å². The van der Waals surface area contributed by atoms with Gasteiger partial charge in [-0.1, -0.05) is 5.57 Å². The molecule has 1 N–H and O–H groups in total. The molecule has 0 aliphatic carbocycles. The van der Waals surface area contributed by atoms with Crippen molar-refractivity contribution in [3.8, 4) is 5.75 Å². The molecule has 0 spiro atoms. The molecule has 0 saturated carbocycles. The summed E-state index contributed by atoms with van der Waals surface area (Å²) in [6, 6.07) is 6.64. The highest BCUT2D eigenvalue weighted by molar-refractivity contribution is 5.96. The Kier molecular flexibility index (Phi) is 2.46. The average molecular weight is 203 g/mol. The second kappa shape index (κ2) is 3.77. The standard InChI is InChI=1S/C12H13NO2/c1-9-2-7-12(15)13(8-9)10-3-5-11(14)6-4-10/h3-6,8,14H,2,7H2,1H3. The van der Waals surface area contributed by atoms with Crippen LogP contribution in [0.25, 0.3) is 0 Å². The van der Waals surface area contributed by atoms with Crippen LogP contribution in [0.2, 0.25) is 0 Å². The third-order valence-corrected chi connectivity index (χ3v) is 2.48. The van der Waals surface area contributed by atoms with Gasteiger partial charge in [0.1, 0.15) is 5.75 Å². The smallest absolute Gasteiger partial charge is 0.231 e. The van der Waals surface area contributed by atoms with E-state index in [0.29, 0.717) is 6.42 Å². The first kappa shape index (κ1) is 9.77. The van der Waals surface area contributed by atoms with Crippen molar-refractivity contribution >= 4 is 11.6 Å². The fraction of sp³-hybridized carbons (Fsp3) is 0.250. The first-order valence-corrected chi connectivity index (χ1v) is 4.95. The number of allylic oxidation sites excluding steroid dienone is 1. The van der Waals surface area contributed by atoms with Gasteiger partial charge in [0.2, 0.25) is 5.91 Å². The second-order valence-electron chi connectivity index (χ2n) is 3.76. The molecule has 1 heterocycles. The molecule has 3 heteroatoms. The molecule has 1 aromatic carbocycles. The van der Waals surface area contributed by atoms with E-state index in [2.05, 4.69) is 0 Å². The van der Waals surface area contributed by atoms with Crippen LogP contribution in [0.5, 0.6) is 5.75 Å². The number of aromatic hydroxyl groups is 1. The van der Waals surface area contributed by atoms with E-state index < -0.39 is 0 Å². The van der Waals surface area contributed by atoms with E-state index in [0.717, 1.165) is 12.1 Å². The Morgan fingerprint density at radius 2 is 1.87 bits per heavy atom. The number of phenols is 1. The second-order valence-corrected chi connectivity index (χ2v) is 3.76. The first-order chi connectivity index (χ1) is 7.16. The van der Waals surface area contributed by atoms with E-state index in [-0.39, 0.29) is 11.7 Å². The molecule has 0 unspecified atom stereocenters. The van der Waals surface area contributed by atoms with Crippen LogP contribution in [0.1, 0.15) is 19.8 Å². The molecule has 1 amide bonds. The summed E-state index contributed by atoms with van der Waals surface area (Å²) in [7, 11) is 0. The lowest BCUT2D eigenvalue weighted by Gasteiger charge is -2.23. The molecule has 2 rings (SSSR count). The van der Waals surface area contributed by atoms with Gasteiger partial charge >= 0.3 is 0 Å². The normalized spacial score (nSPS) is 16.5. The van der Waals surface area contributed by atoms with Crippen molar-refractivity contribution in [2.24, 2.45) is 0 Å². The van der Waals surface area contributed by atoms with Crippen molar-refractivity contribution in [1.29, 1.82) is 0 Å². The van der Waals surface area contributed by atoms with E-state index in [4.69, 9.17) is 5.11 Å². The number of amides is 1. The first-order valence-electron chi connectivity index (χ1n) is 4.95. The molecular formula is C12H13NO2. The molecule has 0 fully saturated rings. The van der Waals surface area contributed by atoms with E-state index in [9.17, 15) is 4.79 Å². The third-order valence-electron chi connectivity index (χ3n) is 2.48.